The van der Waals surface area contributed by atoms with E-state index in [1.165, 1.54) is 47.0 Å². The first-order valence-electron chi connectivity index (χ1n) is 7.94. The molecule has 3 aromatic rings. The molecule has 0 unspecified atom stereocenters. The highest BCUT2D eigenvalue weighted by atomic mass is 32.2. The molecule has 0 spiro atoms. The molecular weight excluding hydrogens is 427 g/mol. The topological polar surface area (TPSA) is 54.9 Å². The molecule has 0 saturated heterocycles. The third kappa shape index (κ3) is 5.27. The third-order valence-corrected chi connectivity index (χ3v) is 6.82. The smallest absolute Gasteiger partial charge is 0.325 e. The van der Waals surface area contributed by atoms with Gasteiger partial charge in [0.1, 0.15) is 5.25 Å². The van der Waals surface area contributed by atoms with E-state index in [-0.39, 0.29) is 5.69 Å². The molecule has 2 aromatic carbocycles. The first kappa shape index (κ1) is 20.7. The number of nitrogens with one attached hydrogen (secondary N) is 1. The number of carbonyl (C=O) groups is 1. The van der Waals surface area contributed by atoms with Gasteiger partial charge in [0, 0.05) is 5.69 Å². The number of aromatic nitrogens is 2. The molecule has 1 aromatic heterocycles. The average molecular weight is 442 g/mol. The van der Waals surface area contributed by atoms with Crippen LogP contribution in [0.25, 0.3) is 0 Å². The molecule has 0 aliphatic heterocycles. The van der Waals surface area contributed by atoms with Crippen molar-refractivity contribution >= 4 is 46.5 Å². The highest BCUT2D eigenvalue weighted by molar-refractivity contribution is 8.03. The van der Waals surface area contributed by atoms with Crippen LogP contribution in [0.4, 0.5) is 18.9 Å². The van der Waals surface area contributed by atoms with Gasteiger partial charge < -0.3 is 5.32 Å². The predicted molar refractivity (Wildman–Crippen MR) is 107 cm³/mol. The molecule has 0 saturated carbocycles. The van der Waals surface area contributed by atoms with Crippen LogP contribution in [0.1, 0.15) is 16.4 Å². The molecule has 0 aliphatic carbocycles. The first-order chi connectivity index (χ1) is 13.4. The van der Waals surface area contributed by atoms with Crippen molar-refractivity contribution in [2.75, 3.05) is 11.6 Å². The molecule has 3 rings (SSSR count). The van der Waals surface area contributed by atoms with Crippen molar-refractivity contribution in [1.82, 2.24) is 10.2 Å². The summed E-state index contributed by atoms with van der Waals surface area (Å²) in [5.74, 6) is -0.434. The second-order valence-electron chi connectivity index (χ2n) is 5.51. The van der Waals surface area contributed by atoms with Gasteiger partial charge in [-0.25, -0.2) is 0 Å². The maximum atomic E-state index is 12.9. The largest absolute Gasteiger partial charge is 0.416 e. The molecule has 0 fully saturated rings. The summed E-state index contributed by atoms with van der Waals surface area (Å²) < 4.78 is 40.1. The number of alkyl halides is 3. The molecule has 1 amide bonds. The van der Waals surface area contributed by atoms with Crippen molar-refractivity contribution in [2.45, 2.75) is 20.1 Å². The van der Waals surface area contributed by atoms with E-state index in [2.05, 4.69) is 15.5 Å². The highest BCUT2D eigenvalue weighted by Crippen LogP contribution is 2.39. The van der Waals surface area contributed by atoms with E-state index in [4.69, 9.17) is 0 Å². The molecule has 4 nitrogen and oxygen atoms in total. The van der Waals surface area contributed by atoms with Crippen molar-refractivity contribution < 1.29 is 18.0 Å². The van der Waals surface area contributed by atoms with Crippen LogP contribution >= 0.6 is 34.9 Å². The minimum atomic E-state index is -4.48. The Hall–Kier alpha value is -2.04. The van der Waals surface area contributed by atoms with Crippen molar-refractivity contribution in [3.63, 3.8) is 0 Å². The van der Waals surface area contributed by atoms with Gasteiger partial charge >= 0.3 is 6.18 Å². The van der Waals surface area contributed by atoms with Gasteiger partial charge in [-0.1, -0.05) is 71.3 Å². The molecule has 1 atom stereocenters. The van der Waals surface area contributed by atoms with Gasteiger partial charge in [-0.05, 0) is 30.0 Å². The van der Waals surface area contributed by atoms with Crippen LogP contribution in [0.15, 0.2) is 63.3 Å². The van der Waals surface area contributed by atoms with Gasteiger partial charge in [-0.15, -0.1) is 10.2 Å². The van der Waals surface area contributed by atoms with Gasteiger partial charge in [-0.3, -0.25) is 4.79 Å². The second kappa shape index (κ2) is 8.97. The van der Waals surface area contributed by atoms with E-state index in [9.17, 15) is 18.0 Å². The number of benzene rings is 2. The number of rotatable bonds is 6. The Balaban J connectivity index is 1.84. The first-order valence-corrected chi connectivity index (χ1v) is 10.9. The SMILES string of the molecule is CSc1nnc(S[C@@H](C(=O)Nc2cccc(C(F)(F)F)c2)c2ccccc2)s1. The summed E-state index contributed by atoms with van der Waals surface area (Å²) in [5.41, 5.74) is -0.00995. The van der Waals surface area contributed by atoms with Gasteiger partial charge in [0.25, 0.3) is 0 Å². The molecule has 1 heterocycles. The number of thioether (sulfide) groups is 2. The summed E-state index contributed by atoms with van der Waals surface area (Å²) in [4.78, 5) is 12.9. The predicted octanol–water partition coefficient (Wildman–Crippen LogP) is 5.75. The zero-order valence-corrected chi connectivity index (χ0v) is 16.9. The zero-order valence-electron chi connectivity index (χ0n) is 14.4. The zero-order chi connectivity index (χ0) is 20.1. The molecule has 146 valence electrons. The molecular formula is C18H14F3N3OS3. The lowest BCUT2D eigenvalue weighted by atomic mass is 10.1. The Kier molecular flexibility index (Phi) is 6.63. The van der Waals surface area contributed by atoms with Crippen LogP contribution in [-0.4, -0.2) is 22.4 Å². The molecule has 0 radical (unpaired) electrons. The summed E-state index contributed by atoms with van der Waals surface area (Å²) >= 11 is 4.02. The number of anilines is 1. The van der Waals surface area contributed by atoms with Crippen molar-refractivity contribution in [1.29, 1.82) is 0 Å². The maximum absolute atomic E-state index is 12.9. The number of hydrogen-bond acceptors (Lipinski definition) is 6. The van der Waals surface area contributed by atoms with Crippen LogP contribution in [0, 0.1) is 0 Å². The monoisotopic (exact) mass is 441 g/mol. The number of hydrogen-bond donors (Lipinski definition) is 1. The number of nitrogens with zero attached hydrogens (tertiary/aromatic N) is 2. The number of amides is 1. The van der Waals surface area contributed by atoms with Crippen LogP contribution in [0.3, 0.4) is 0 Å². The fourth-order valence-corrected chi connectivity index (χ4v) is 4.94. The van der Waals surface area contributed by atoms with Gasteiger partial charge in [0.05, 0.1) is 5.56 Å². The molecule has 10 heteroatoms. The van der Waals surface area contributed by atoms with Gasteiger partial charge in [0.15, 0.2) is 8.68 Å². The molecule has 0 aliphatic rings. The Morgan fingerprint density at radius 1 is 1.07 bits per heavy atom. The Labute approximate surface area is 172 Å². The number of halogens is 3. The van der Waals surface area contributed by atoms with Crippen LogP contribution in [0.2, 0.25) is 0 Å². The van der Waals surface area contributed by atoms with E-state index in [1.807, 2.05) is 12.3 Å². The summed E-state index contributed by atoms with van der Waals surface area (Å²) in [6.07, 6.45) is -2.60. The Morgan fingerprint density at radius 2 is 1.79 bits per heavy atom. The van der Waals surface area contributed by atoms with Crippen LogP contribution in [0.5, 0.6) is 0 Å². The second-order valence-corrected chi connectivity index (χ2v) is 8.90. The van der Waals surface area contributed by atoms with E-state index >= 15 is 0 Å². The standard InChI is InChI=1S/C18H14F3N3OS3/c1-26-16-23-24-17(28-16)27-14(11-6-3-2-4-7-11)15(25)22-13-9-5-8-12(10-13)18(19,20)21/h2-10,14H,1H3,(H,22,25)/t14-/m1/s1. The molecule has 1 N–H and O–H groups in total. The fraction of sp³-hybridized carbons (Fsp3) is 0.167. The lowest BCUT2D eigenvalue weighted by Crippen LogP contribution is -2.19. The fourth-order valence-electron chi connectivity index (χ4n) is 2.31. The summed E-state index contributed by atoms with van der Waals surface area (Å²) in [7, 11) is 0. The molecule has 0 bridgehead atoms. The Bertz CT molecular complexity index is 948. The highest BCUT2D eigenvalue weighted by Gasteiger charge is 2.31. The lowest BCUT2D eigenvalue weighted by molar-refractivity contribution is -0.137. The van der Waals surface area contributed by atoms with Gasteiger partial charge in [0.2, 0.25) is 5.91 Å². The lowest BCUT2D eigenvalue weighted by Gasteiger charge is -2.16. The minimum absolute atomic E-state index is 0.0865. The van der Waals surface area contributed by atoms with E-state index in [0.717, 1.165) is 22.0 Å². The van der Waals surface area contributed by atoms with Crippen LogP contribution in [-0.2, 0) is 11.0 Å². The maximum Gasteiger partial charge on any atom is 0.416 e. The quantitative estimate of drug-likeness (QED) is 0.494. The molecule has 28 heavy (non-hydrogen) atoms. The average Bonchev–Trinajstić information content (AvgIpc) is 3.14. The summed E-state index contributed by atoms with van der Waals surface area (Å²) in [6.45, 7) is 0. The van der Waals surface area contributed by atoms with Gasteiger partial charge in [-0.2, -0.15) is 13.2 Å². The van der Waals surface area contributed by atoms with E-state index in [0.29, 0.717) is 4.34 Å². The van der Waals surface area contributed by atoms with E-state index in [1.54, 1.807) is 24.3 Å². The van der Waals surface area contributed by atoms with Crippen molar-refractivity contribution in [3.05, 3.63) is 65.7 Å². The van der Waals surface area contributed by atoms with Crippen LogP contribution < -0.4 is 5.32 Å². The summed E-state index contributed by atoms with van der Waals surface area (Å²) in [5, 5.41) is 9.99. The summed E-state index contributed by atoms with van der Waals surface area (Å²) in [6, 6.07) is 13.6. The normalized spacial score (nSPS) is 12.6. The van der Waals surface area contributed by atoms with Crippen molar-refractivity contribution in [2.24, 2.45) is 0 Å². The van der Waals surface area contributed by atoms with E-state index < -0.39 is 22.9 Å². The third-order valence-electron chi connectivity index (χ3n) is 3.58. The van der Waals surface area contributed by atoms with Crippen molar-refractivity contribution in [3.8, 4) is 0 Å². The minimum Gasteiger partial charge on any atom is -0.325 e. The Morgan fingerprint density at radius 3 is 2.43 bits per heavy atom. The number of carbonyl (C=O) groups excluding carboxylic acids is 1.